The number of carbonyl (C=O) groups excluding carboxylic acids is 1. The average Bonchev–Trinajstić information content (AvgIpc) is 3.22. The third-order valence-electron chi connectivity index (χ3n) is 10.6. The summed E-state index contributed by atoms with van der Waals surface area (Å²) in [6, 6.07) is 8.95. The van der Waals surface area contributed by atoms with Crippen LogP contribution in [0, 0.1) is 5.92 Å². The van der Waals surface area contributed by atoms with Gasteiger partial charge in [0.25, 0.3) is 0 Å². The molecule has 0 amide bonds. The number of ether oxygens (including phenoxy) is 1. The van der Waals surface area contributed by atoms with Crippen molar-refractivity contribution in [2.24, 2.45) is 5.92 Å². The smallest absolute Gasteiger partial charge is 0.305 e. The van der Waals surface area contributed by atoms with E-state index in [0.29, 0.717) is 19.3 Å². The molecule has 1 aliphatic carbocycles. The summed E-state index contributed by atoms with van der Waals surface area (Å²) in [6.45, 7) is 25.1. The van der Waals surface area contributed by atoms with Gasteiger partial charge in [0.15, 0.2) is 16.6 Å². The number of unbranched alkanes of at least 4 members (excludes halogenated alkanes) is 3. The monoisotopic (exact) mass is 648 g/mol. The molecule has 0 aliphatic heterocycles. The Morgan fingerprint density at radius 1 is 0.955 bits per heavy atom. The molecule has 0 radical (unpaired) electrons. The van der Waals surface area contributed by atoms with Crippen molar-refractivity contribution in [2.75, 3.05) is 7.11 Å². The third-order valence-corrected chi connectivity index (χ3v) is 19.6. The highest BCUT2D eigenvalue weighted by Crippen LogP contribution is 2.49. The van der Waals surface area contributed by atoms with E-state index in [2.05, 4.69) is 111 Å². The molecule has 2 rings (SSSR count). The highest BCUT2D eigenvalue weighted by atomic mass is 28.4. The van der Waals surface area contributed by atoms with E-state index in [1.807, 2.05) is 0 Å². The van der Waals surface area contributed by atoms with Crippen LogP contribution in [0.15, 0.2) is 36.4 Å². The molecule has 4 nitrogen and oxygen atoms in total. The number of benzene rings is 1. The second-order valence-corrected chi connectivity index (χ2v) is 25.6. The Hall–Kier alpha value is -1.29. The standard InChI is InChI=1S/C37H65FO4Si2/c1-13-14-17-21-32(41-43(9,10)36(2,3)4)28-23-25-29(26-24-28)35-30(20-18-15-16-19-22-34(39)40-8)31(38)27-33(35)42-44(11,12)37(5,6)7/h15,18,23-26,30-33,35H,13-14,16-17,19-22,27H2,1-12H3/t30?,31-,32?,33-,35-/m1/s1. The normalized spacial score (nSPS) is 22.5. The Morgan fingerprint density at radius 2 is 1.57 bits per heavy atom. The third kappa shape index (κ3) is 10.9. The van der Waals surface area contributed by atoms with Gasteiger partial charge >= 0.3 is 5.97 Å². The van der Waals surface area contributed by atoms with Gasteiger partial charge in [0.2, 0.25) is 0 Å². The molecule has 0 spiro atoms. The highest BCUT2D eigenvalue weighted by molar-refractivity contribution is 6.74. The lowest BCUT2D eigenvalue weighted by atomic mass is 9.84. The minimum Gasteiger partial charge on any atom is -0.469 e. The van der Waals surface area contributed by atoms with Crippen molar-refractivity contribution in [1.29, 1.82) is 0 Å². The zero-order valence-corrected chi connectivity index (χ0v) is 32.2. The molecule has 0 N–H and O–H groups in total. The number of esters is 1. The summed E-state index contributed by atoms with van der Waals surface area (Å²) in [5.41, 5.74) is 2.40. The summed E-state index contributed by atoms with van der Waals surface area (Å²) >= 11 is 0. The van der Waals surface area contributed by atoms with E-state index in [4.69, 9.17) is 13.6 Å². The molecule has 1 fully saturated rings. The van der Waals surface area contributed by atoms with Crippen molar-refractivity contribution in [1.82, 2.24) is 0 Å². The second kappa shape index (κ2) is 16.5. The minimum absolute atomic E-state index is 0.00672. The molecule has 0 bridgehead atoms. The van der Waals surface area contributed by atoms with E-state index < -0.39 is 22.8 Å². The fraction of sp³-hybridized carbons (Fsp3) is 0.757. The Kier molecular flexibility index (Phi) is 14.6. The Bertz CT molecular complexity index is 1040. The summed E-state index contributed by atoms with van der Waals surface area (Å²) < 4.78 is 34.6. The van der Waals surface area contributed by atoms with Gasteiger partial charge in [-0.05, 0) is 73.1 Å². The van der Waals surface area contributed by atoms with Gasteiger partial charge in [-0.15, -0.1) is 0 Å². The van der Waals surface area contributed by atoms with Crippen LogP contribution in [-0.4, -0.2) is 42.0 Å². The van der Waals surface area contributed by atoms with Crippen molar-refractivity contribution in [3.63, 3.8) is 0 Å². The molecular formula is C37H65FO4Si2. The number of methoxy groups -OCH3 is 1. The molecule has 2 unspecified atom stereocenters. The maximum absolute atomic E-state index is 15.9. The van der Waals surface area contributed by atoms with E-state index >= 15 is 4.39 Å². The van der Waals surface area contributed by atoms with Crippen molar-refractivity contribution in [3.8, 4) is 0 Å². The average molecular weight is 649 g/mol. The lowest BCUT2D eigenvalue weighted by Crippen LogP contribution is -2.44. The number of hydrogen-bond acceptors (Lipinski definition) is 4. The first-order valence-electron chi connectivity index (χ1n) is 17.2. The van der Waals surface area contributed by atoms with Crippen LogP contribution in [0.3, 0.4) is 0 Å². The van der Waals surface area contributed by atoms with Crippen LogP contribution >= 0.6 is 0 Å². The van der Waals surface area contributed by atoms with Crippen molar-refractivity contribution in [2.45, 2.75) is 167 Å². The zero-order valence-electron chi connectivity index (χ0n) is 30.2. The van der Waals surface area contributed by atoms with Crippen molar-refractivity contribution in [3.05, 3.63) is 47.5 Å². The largest absolute Gasteiger partial charge is 0.469 e. The summed E-state index contributed by atoms with van der Waals surface area (Å²) in [5, 5.41) is 0.196. The quantitative estimate of drug-likeness (QED) is 0.0774. The van der Waals surface area contributed by atoms with Crippen LogP contribution in [-0.2, 0) is 18.4 Å². The predicted octanol–water partition coefficient (Wildman–Crippen LogP) is 11.5. The molecule has 1 aromatic carbocycles. The molecule has 252 valence electrons. The summed E-state index contributed by atoms with van der Waals surface area (Å²) in [5.74, 6) is -0.335. The molecule has 0 heterocycles. The number of hydrogen-bond donors (Lipinski definition) is 0. The SMILES string of the molecule is CCCCCC(O[Si](C)(C)C(C)(C)C)c1ccc([C@@H]2C(CC=CCCCC(=O)OC)[C@H](F)C[C@H]2O[Si](C)(C)C(C)(C)C)cc1. The molecule has 7 heteroatoms. The zero-order chi connectivity index (χ0) is 33.3. The first kappa shape index (κ1) is 38.9. The summed E-state index contributed by atoms with van der Waals surface area (Å²) in [4.78, 5) is 11.4. The molecule has 1 aromatic rings. The Morgan fingerprint density at radius 3 is 2.11 bits per heavy atom. The lowest BCUT2D eigenvalue weighted by molar-refractivity contribution is -0.140. The number of halogens is 1. The molecule has 44 heavy (non-hydrogen) atoms. The Labute approximate surface area is 272 Å². The molecule has 0 saturated heterocycles. The van der Waals surface area contributed by atoms with Gasteiger partial charge in [-0.1, -0.05) is 104 Å². The van der Waals surface area contributed by atoms with Gasteiger partial charge in [0.1, 0.15) is 6.17 Å². The maximum Gasteiger partial charge on any atom is 0.305 e. The molecule has 1 saturated carbocycles. The minimum atomic E-state index is -2.10. The van der Waals surface area contributed by atoms with Crippen LogP contribution in [0.25, 0.3) is 0 Å². The van der Waals surface area contributed by atoms with Gasteiger partial charge in [-0.3, -0.25) is 4.79 Å². The topological polar surface area (TPSA) is 44.8 Å². The number of allylic oxidation sites excluding steroid dienone is 2. The molecule has 5 atom stereocenters. The van der Waals surface area contributed by atoms with Crippen LogP contribution < -0.4 is 0 Å². The van der Waals surface area contributed by atoms with E-state index in [9.17, 15) is 4.79 Å². The van der Waals surface area contributed by atoms with Crippen LogP contribution in [0.5, 0.6) is 0 Å². The van der Waals surface area contributed by atoms with E-state index in [1.165, 1.54) is 31.1 Å². The van der Waals surface area contributed by atoms with E-state index in [1.54, 1.807) is 0 Å². The van der Waals surface area contributed by atoms with Crippen molar-refractivity contribution < 1.29 is 22.8 Å². The second-order valence-electron chi connectivity index (χ2n) is 16.1. The van der Waals surface area contributed by atoms with Gasteiger partial charge in [-0.2, -0.15) is 0 Å². The molecule has 1 aliphatic rings. The highest BCUT2D eigenvalue weighted by Gasteiger charge is 2.49. The number of rotatable bonds is 16. The fourth-order valence-electron chi connectivity index (χ4n) is 5.65. The summed E-state index contributed by atoms with van der Waals surface area (Å²) in [6.07, 6.45) is 10.8. The van der Waals surface area contributed by atoms with E-state index in [0.717, 1.165) is 25.7 Å². The maximum atomic E-state index is 15.9. The van der Waals surface area contributed by atoms with Crippen LogP contribution in [0.2, 0.25) is 36.3 Å². The number of alkyl halides is 1. The van der Waals surface area contributed by atoms with Crippen LogP contribution in [0.1, 0.15) is 129 Å². The summed E-state index contributed by atoms with van der Waals surface area (Å²) in [7, 11) is -2.64. The van der Waals surface area contributed by atoms with Gasteiger partial charge < -0.3 is 13.6 Å². The predicted molar refractivity (Wildman–Crippen MR) is 189 cm³/mol. The van der Waals surface area contributed by atoms with Crippen molar-refractivity contribution >= 4 is 22.6 Å². The van der Waals surface area contributed by atoms with E-state index in [-0.39, 0.29) is 40.1 Å². The van der Waals surface area contributed by atoms with Gasteiger partial charge in [0, 0.05) is 24.7 Å². The molecular weight excluding hydrogens is 584 g/mol. The van der Waals surface area contributed by atoms with Crippen LogP contribution in [0.4, 0.5) is 4.39 Å². The lowest BCUT2D eigenvalue weighted by Gasteiger charge is -2.40. The van der Waals surface area contributed by atoms with Gasteiger partial charge in [0.05, 0.1) is 19.3 Å². The Balaban J connectivity index is 2.37. The number of carbonyl (C=O) groups is 1. The molecule has 0 aromatic heterocycles. The fourth-order valence-corrected chi connectivity index (χ4v) is 8.32. The first-order chi connectivity index (χ1) is 20.3. The van der Waals surface area contributed by atoms with Gasteiger partial charge in [-0.25, -0.2) is 4.39 Å². The first-order valence-corrected chi connectivity index (χ1v) is 23.0.